The number of piperazine rings is 1. The zero-order chi connectivity index (χ0) is 21.8. The maximum Gasteiger partial charge on any atom is 0.246 e. The third kappa shape index (κ3) is 3.19. The number of benzene rings is 1. The van der Waals surface area contributed by atoms with E-state index in [2.05, 4.69) is 32.7 Å². The predicted molar refractivity (Wildman–Crippen MR) is 122 cm³/mol. The molecule has 164 valence electrons. The molecule has 2 saturated heterocycles. The van der Waals surface area contributed by atoms with Crippen LogP contribution >= 0.6 is 0 Å². The van der Waals surface area contributed by atoms with Crippen molar-refractivity contribution in [1.29, 1.82) is 0 Å². The van der Waals surface area contributed by atoms with E-state index < -0.39 is 0 Å². The first-order chi connectivity index (χ1) is 15.6. The Morgan fingerprint density at radius 3 is 2.59 bits per heavy atom. The van der Waals surface area contributed by atoms with Gasteiger partial charge < -0.3 is 15.0 Å². The summed E-state index contributed by atoms with van der Waals surface area (Å²) in [7, 11) is 0. The van der Waals surface area contributed by atoms with E-state index in [1.807, 2.05) is 23.1 Å². The lowest BCUT2D eigenvalue weighted by Gasteiger charge is -2.40. The number of aromatic amines is 1. The number of phenols is 1. The summed E-state index contributed by atoms with van der Waals surface area (Å²) in [5.74, 6) is 0.834. The number of likely N-dealkylation sites (tertiary alicyclic amines) is 1. The Balaban J connectivity index is 1.32. The number of H-pyrrole nitrogens is 1. The molecule has 7 nitrogen and oxygen atoms in total. The van der Waals surface area contributed by atoms with Gasteiger partial charge >= 0.3 is 0 Å². The minimum Gasteiger partial charge on any atom is -0.507 e. The maximum absolute atomic E-state index is 12.3. The molecule has 3 fully saturated rings. The fraction of sp³-hybridized carbons (Fsp3) is 0.400. The first kappa shape index (κ1) is 19.5. The van der Waals surface area contributed by atoms with Crippen LogP contribution in [0.5, 0.6) is 5.75 Å². The van der Waals surface area contributed by atoms with Crippen LogP contribution in [-0.2, 0) is 11.3 Å². The molecule has 2 N–H and O–H groups in total. The summed E-state index contributed by atoms with van der Waals surface area (Å²) < 4.78 is 0. The van der Waals surface area contributed by atoms with Crippen LogP contribution in [-0.4, -0.2) is 61.2 Å². The average molecular weight is 430 g/mol. The van der Waals surface area contributed by atoms with Crippen molar-refractivity contribution in [2.75, 3.05) is 13.1 Å². The number of rotatable bonds is 5. The summed E-state index contributed by atoms with van der Waals surface area (Å²) >= 11 is 0. The summed E-state index contributed by atoms with van der Waals surface area (Å²) in [6.45, 7) is 6.29. The third-order valence-corrected chi connectivity index (χ3v) is 7.21. The molecule has 7 heteroatoms. The number of hydrogen-bond donors (Lipinski definition) is 2. The SMILES string of the molecule is C=CC(=O)N1C2CCC1CN(Cc1[nH]c3nnc(-c4ccccc4O)cc3c1C1CC1)C2. The first-order valence-corrected chi connectivity index (χ1v) is 11.5. The number of carbonyl (C=O) groups excluding carboxylic acids is 1. The number of carbonyl (C=O) groups is 1. The molecular formula is C25H27N5O2. The van der Waals surface area contributed by atoms with Crippen molar-refractivity contribution >= 4 is 16.9 Å². The van der Waals surface area contributed by atoms with Crippen molar-refractivity contribution in [3.05, 3.63) is 54.2 Å². The van der Waals surface area contributed by atoms with E-state index in [-0.39, 0.29) is 23.7 Å². The highest BCUT2D eigenvalue weighted by molar-refractivity contribution is 5.88. The molecule has 1 saturated carbocycles. The van der Waals surface area contributed by atoms with Gasteiger partial charge in [-0.15, -0.1) is 10.2 Å². The zero-order valence-corrected chi connectivity index (χ0v) is 18.0. The number of aromatic nitrogens is 3. The Morgan fingerprint density at radius 1 is 1.16 bits per heavy atom. The number of nitrogens with zero attached hydrogens (tertiary/aromatic N) is 4. The first-order valence-electron chi connectivity index (χ1n) is 11.5. The van der Waals surface area contributed by atoms with Crippen LogP contribution in [0.4, 0.5) is 0 Å². The largest absolute Gasteiger partial charge is 0.507 e. The minimum absolute atomic E-state index is 0.0633. The Labute approximate surface area is 186 Å². The molecule has 2 aromatic heterocycles. The van der Waals surface area contributed by atoms with Crippen molar-refractivity contribution < 1.29 is 9.90 Å². The fourth-order valence-electron chi connectivity index (χ4n) is 5.66. The molecule has 6 rings (SSSR count). The topological polar surface area (TPSA) is 85.4 Å². The van der Waals surface area contributed by atoms with E-state index in [1.54, 1.807) is 6.07 Å². The lowest BCUT2D eigenvalue weighted by Crippen LogP contribution is -2.55. The molecule has 2 unspecified atom stereocenters. The standard InChI is InChI=1S/C25H27N5O2/c1-2-23(32)30-16-9-10-17(30)13-29(12-16)14-21-24(15-7-8-15)19-11-20(27-28-25(19)26-21)18-5-3-4-6-22(18)31/h2-6,11,15-17,31H,1,7-10,12-14H2,(H,26,28). The van der Waals surface area contributed by atoms with Crippen LogP contribution in [0.15, 0.2) is 43.0 Å². The highest BCUT2D eigenvalue weighted by atomic mass is 16.3. The average Bonchev–Trinajstić information content (AvgIpc) is 3.52. The van der Waals surface area contributed by atoms with Gasteiger partial charge in [-0.3, -0.25) is 9.69 Å². The van der Waals surface area contributed by atoms with Crippen LogP contribution in [0.25, 0.3) is 22.3 Å². The molecule has 3 aromatic rings. The minimum atomic E-state index is 0.0633. The summed E-state index contributed by atoms with van der Waals surface area (Å²) in [6.07, 6.45) is 5.98. The molecular weight excluding hydrogens is 402 g/mol. The van der Waals surface area contributed by atoms with Gasteiger partial charge in [0.25, 0.3) is 0 Å². The second-order valence-corrected chi connectivity index (χ2v) is 9.33. The van der Waals surface area contributed by atoms with Gasteiger partial charge in [-0.2, -0.15) is 0 Å². The summed E-state index contributed by atoms with van der Waals surface area (Å²) in [5, 5.41) is 20.2. The van der Waals surface area contributed by atoms with Crippen LogP contribution in [0.2, 0.25) is 0 Å². The lowest BCUT2D eigenvalue weighted by molar-refractivity contribution is -0.131. The summed E-state index contributed by atoms with van der Waals surface area (Å²) in [4.78, 5) is 20.3. The van der Waals surface area contributed by atoms with E-state index >= 15 is 0 Å². The van der Waals surface area contributed by atoms with Gasteiger partial charge in [0, 0.05) is 48.4 Å². The Kier molecular flexibility index (Phi) is 4.54. The van der Waals surface area contributed by atoms with Crippen molar-refractivity contribution in [3.63, 3.8) is 0 Å². The number of phenolic OH excluding ortho intramolecular Hbond substituents is 1. The molecule has 32 heavy (non-hydrogen) atoms. The van der Waals surface area contributed by atoms with Crippen LogP contribution in [0.3, 0.4) is 0 Å². The molecule has 2 bridgehead atoms. The zero-order valence-electron chi connectivity index (χ0n) is 18.0. The van der Waals surface area contributed by atoms with E-state index in [1.165, 1.54) is 30.2 Å². The van der Waals surface area contributed by atoms with Gasteiger partial charge in [-0.25, -0.2) is 0 Å². The van der Waals surface area contributed by atoms with Crippen LogP contribution < -0.4 is 0 Å². The molecule has 2 atom stereocenters. The Hall–Kier alpha value is -3.19. The Bertz CT molecular complexity index is 1200. The third-order valence-electron chi connectivity index (χ3n) is 7.21. The molecule has 4 heterocycles. The monoisotopic (exact) mass is 429 g/mol. The van der Waals surface area contributed by atoms with Crippen LogP contribution in [0, 0.1) is 0 Å². The predicted octanol–water partition coefficient (Wildman–Crippen LogP) is 3.57. The quantitative estimate of drug-likeness (QED) is 0.606. The number of amides is 1. The van der Waals surface area contributed by atoms with Gasteiger partial charge in [0.1, 0.15) is 5.75 Å². The second kappa shape index (κ2) is 7.45. The Morgan fingerprint density at radius 2 is 1.91 bits per heavy atom. The van der Waals surface area contributed by atoms with E-state index in [4.69, 9.17) is 0 Å². The van der Waals surface area contributed by atoms with E-state index in [0.717, 1.165) is 43.5 Å². The number of para-hydroxylation sites is 1. The fourth-order valence-corrected chi connectivity index (χ4v) is 5.66. The number of aromatic hydroxyl groups is 1. The highest BCUT2D eigenvalue weighted by Crippen LogP contribution is 2.46. The highest BCUT2D eigenvalue weighted by Gasteiger charge is 2.42. The summed E-state index contributed by atoms with van der Waals surface area (Å²) in [6, 6.07) is 9.88. The second-order valence-electron chi connectivity index (χ2n) is 9.33. The van der Waals surface area contributed by atoms with Gasteiger partial charge in [0.15, 0.2) is 5.65 Å². The molecule has 3 aliphatic rings. The number of hydrogen-bond acceptors (Lipinski definition) is 5. The number of fused-ring (bicyclic) bond motifs is 3. The van der Waals surface area contributed by atoms with Gasteiger partial charge in [-0.05, 0) is 61.4 Å². The number of nitrogens with one attached hydrogen (secondary N) is 1. The maximum atomic E-state index is 12.3. The van der Waals surface area contributed by atoms with E-state index in [9.17, 15) is 9.90 Å². The van der Waals surface area contributed by atoms with Gasteiger partial charge in [-0.1, -0.05) is 18.7 Å². The molecule has 0 spiro atoms. The molecule has 2 aliphatic heterocycles. The van der Waals surface area contributed by atoms with E-state index in [0.29, 0.717) is 17.2 Å². The summed E-state index contributed by atoms with van der Waals surface area (Å²) in [5.41, 5.74) is 4.77. The molecule has 1 amide bonds. The molecule has 0 radical (unpaired) electrons. The van der Waals surface area contributed by atoms with Crippen molar-refractivity contribution in [2.45, 2.75) is 50.2 Å². The van der Waals surface area contributed by atoms with Crippen LogP contribution in [0.1, 0.15) is 42.9 Å². The van der Waals surface area contributed by atoms with Crippen molar-refractivity contribution in [2.24, 2.45) is 0 Å². The smallest absolute Gasteiger partial charge is 0.246 e. The normalized spacial score (nSPS) is 23.1. The molecule has 1 aliphatic carbocycles. The lowest BCUT2D eigenvalue weighted by atomic mass is 10.0. The van der Waals surface area contributed by atoms with Crippen molar-refractivity contribution in [1.82, 2.24) is 25.0 Å². The van der Waals surface area contributed by atoms with Gasteiger partial charge in [0.05, 0.1) is 5.69 Å². The van der Waals surface area contributed by atoms with Gasteiger partial charge in [0.2, 0.25) is 5.91 Å². The van der Waals surface area contributed by atoms with Crippen molar-refractivity contribution in [3.8, 4) is 17.0 Å². The molecule has 1 aromatic carbocycles.